The molecule has 2 aliphatic heterocycles. The van der Waals surface area contributed by atoms with Crippen LogP contribution in [-0.4, -0.2) is 37.2 Å². The molecule has 0 N–H and O–H groups in total. The molecule has 0 spiro atoms. The van der Waals surface area contributed by atoms with Crippen molar-refractivity contribution in [3.05, 3.63) is 35.9 Å². The summed E-state index contributed by atoms with van der Waals surface area (Å²) in [6, 6.07) is 9.61. The van der Waals surface area contributed by atoms with Gasteiger partial charge in [0.05, 0.1) is 13.0 Å². The molecule has 2 atom stereocenters. The van der Waals surface area contributed by atoms with Crippen LogP contribution in [-0.2, 0) is 20.9 Å². The minimum absolute atomic E-state index is 0.0341. The summed E-state index contributed by atoms with van der Waals surface area (Å²) in [7, 11) is 1.42. The van der Waals surface area contributed by atoms with Crippen molar-refractivity contribution in [1.82, 2.24) is 4.90 Å². The summed E-state index contributed by atoms with van der Waals surface area (Å²) in [5.74, 6) is 0.266. The number of carbonyl (C=O) groups excluding carboxylic acids is 2. The Morgan fingerprint density at radius 2 is 1.86 bits per heavy atom. The zero-order valence-electron chi connectivity index (χ0n) is 12.0. The van der Waals surface area contributed by atoms with Crippen LogP contribution >= 0.6 is 0 Å². The fourth-order valence-corrected chi connectivity index (χ4v) is 3.37. The van der Waals surface area contributed by atoms with E-state index >= 15 is 0 Å². The predicted molar refractivity (Wildman–Crippen MR) is 75.3 cm³/mol. The summed E-state index contributed by atoms with van der Waals surface area (Å²) in [5, 5.41) is 0. The van der Waals surface area contributed by atoms with E-state index in [4.69, 9.17) is 9.47 Å². The highest BCUT2D eigenvalue weighted by Gasteiger charge is 2.52. The number of benzene rings is 1. The molecular weight excluding hydrogens is 270 g/mol. The van der Waals surface area contributed by atoms with Crippen molar-refractivity contribution >= 4 is 12.1 Å². The largest absolute Gasteiger partial charge is 0.469 e. The summed E-state index contributed by atoms with van der Waals surface area (Å²) in [5.41, 5.74) is 0.973. The molecule has 2 heterocycles. The fourth-order valence-electron chi connectivity index (χ4n) is 3.37. The normalized spacial score (nSPS) is 26.7. The first kappa shape index (κ1) is 13.9. The minimum Gasteiger partial charge on any atom is -0.469 e. The number of ether oxygens (including phenoxy) is 2. The van der Waals surface area contributed by atoms with E-state index in [1.807, 2.05) is 30.3 Å². The van der Waals surface area contributed by atoms with Crippen LogP contribution in [0.25, 0.3) is 0 Å². The SMILES string of the molecule is COC(=O)C1[C@H]2C[C@H]1CN(C(=O)OCc1ccccc1)C2. The van der Waals surface area contributed by atoms with Crippen molar-refractivity contribution in [1.29, 1.82) is 0 Å². The Hall–Kier alpha value is -2.04. The molecule has 5 heteroatoms. The molecule has 3 aliphatic rings. The summed E-state index contributed by atoms with van der Waals surface area (Å²) in [6.07, 6.45) is 0.708. The second-order valence-corrected chi connectivity index (χ2v) is 5.75. The van der Waals surface area contributed by atoms with Gasteiger partial charge in [-0.1, -0.05) is 30.3 Å². The van der Waals surface area contributed by atoms with Crippen LogP contribution in [0.1, 0.15) is 12.0 Å². The first-order chi connectivity index (χ1) is 10.2. The van der Waals surface area contributed by atoms with Crippen molar-refractivity contribution in [2.45, 2.75) is 13.0 Å². The van der Waals surface area contributed by atoms with Gasteiger partial charge < -0.3 is 14.4 Å². The van der Waals surface area contributed by atoms with E-state index in [2.05, 4.69) is 0 Å². The topological polar surface area (TPSA) is 55.8 Å². The summed E-state index contributed by atoms with van der Waals surface area (Å²) >= 11 is 0. The third kappa shape index (κ3) is 2.73. The first-order valence-corrected chi connectivity index (χ1v) is 7.22. The molecule has 1 aromatic rings. The van der Waals surface area contributed by atoms with Gasteiger partial charge >= 0.3 is 12.1 Å². The standard InChI is InChI=1S/C16H19NO4/c1-20-15(18)14-12-7-13(14)9-17(8-12)16(19)21-10-11-5-3-2-4-6-11/h2-6,12-14H,7-10H2,1H3/t12-,13-/m0/s1. The Morgan fingerprint density at radius 3 is 2.48 bits per heavy atom. The smallest absolute Gasteiger partial charge is 0.410 e. The molecule has 1 saturated carbocycles. The fraction of sp³-hybridized carbons (Fsp3) is 0.500. The molecule has 112 valence electrons. The van der Waals surface area contributed by atoms with Crippen LogP contribution in [0, 0.1) is 17.8 Å². The Balaban J connectivity index is 1.51. The van der Waals surface area contributed by atoms with Gasteiger partial charge in [0.2, 0.25) is 0 Å². The molecule has 1 amide bonds. The van der Waals surface area contributed by atoms with Gasteiger partial charge in [0.25, 0.3) is 0 Å². The van der Waals surface area contributed by atoms with Gasteiger partial charge in [-0.15, -0.1) is 0 Å². The maximum absolute atomic E-state index is 12.1. The van der Waals surface area contributed by atoms with Crippen LogP contribution in [0.3, 0.4) is 0 Å². The van der Waals surface area contributed by atoms with Crippen molar-refractivity contribution in [2.24, 2.45) is 17.8 Å². The van der Waals surface area contributed by atoms with Crippen molar-refractivity contribution in [3.8, 4) is 0 Å². The predicted octanol–water partition coefficient (Wildman–Crippen LogP) is 2.06. The molecule has 5 nitrogen and oxygen atoms in total. The molecule has 2 bridgehead atoms. The molecule has 0 unspecified atom stereocenters. The summed E-state index contributed by atoms with van der Waals surface area (Å²) < 4.78 is 10.1. The van der Waals surface area contributed by atoms with Gasteiger partial charge in [-0.05, 0) is 23.8 Å². The van der Waals surface area contributed by atoms with E-state index < -0.39 is 0 Å². The number of rotatable bonds is 3. The van der Waals surface area contributed by atoms with Crippen molar-refractivity contribution in [2.75, 3.05) is 20.2 Å². The van der Waals surface area contributed by atoms with Gasteiger partial charge in [-0.3, -0.25) is 4.79 Å². The number of amides is 1. The average molecular weight is 289 g/mol. The van der Waals surface area contributed by atoms with E-state index in [0.29, 0.717) is 13.1 Å². The number of esters is 1. The number of methoxy groups -OCH3 is 1. The second-order valence-electron chi connectivity index (χ2n) is 5.75. The summed E-state index contributed by atoms with van der Waals surface area (Å²) in [6.45, 7) is 1.46. The number of nitrogens with zero attached hydrogens (tertiary/aromatic N) is 1. The lowest BCUT2D eigenvalue weighted by Gasteiger charge is -2.51. The lowest BCUT2D eigenvalue weighted by molar-refractivity contribution is -0.162. The molecule has 2 saturated heterocycles. The van der Waals surface area contributed by atoms with Gasteiger partial charge in [0.1, 0.15) is 6.61 Å². The molecule has 1 aliphatic carbocycles. The van der Waals surface area contributed by atoms with Gasteiger partial charge in [0, 0.05) is 13.1 Å². The molecule has 3 fully saturated rings. The maximum atomic E-state index is 12.1. The third-order valence-electron chi connectivity index (χ3n) is 4.47. The Bertz CT molecular complexity index is 518. The lowest BCUT2D eigenvalue weighted by Crippen LogP contribution is -2.59. The highest BCUT2D eigenvalue weighted by atomic mass is 16.6. The van der Waals surface area contributed by atoms with E-state index in [9.17, 15) is 9.59 Å². The monoisotopic (exact) mass is 289 g/mol. The quantitative estimate of drug-likeness (QED) is 0.799. The van der Waals surface area contributed by atoms with E-state index in [-0.39, 0.29) is 36.4 Å². The van der Waals surface area contributed by atoms with Crippen LogP contribution in [0.15, 0.2) is 30.3 Å². The zero-order valence-corrected chi connectivity index (χ0v) is 12.0. The maximum Gasteiger partial charge on any atom is 0.410 e. The van der Waals surface area contributed by atoms with Crippen molar-refractivity contribution < 1.29 is 19.1 Å². The third-order valence-corrected chi connectivity index (χ3v) is 4.47. The number of hydrogen-bond donors (Lipinski definition) is 0. The molecule has 21 heavy (non-hydrogen) atoms. The van der Waals surface area contributed by atoms with Crippen LogP contribution in [0.4, 0.5) is 4.79 Å². The molecule has 1 aromatic carbocycles. The van der Waals surface area contributed by atoms with E-state index in [0.717, 1.165) is 12.0 Å². The summed E-state index contributed by atoms with van der Waals surface area (Å²) in [4.78, 5) is 25.4. The molecule has 0 radical (unpaired) electrons. The van der Waals surface area contributed by atoms with Crippen molar-refractivity contribution in [3.63, 3.8) is 0 Å². The molecule has 4 rings (SSSR count). The van der Waals surface area contributed by atoms with Crippen LogP contribution in [0.2, 0.25) is 0 Å². The van der Waals surface area contributed by atoms with Crippen LogP contribution in [0.5, 0.6) is 0 Å². The first-order valence-electron chi connectivity index (χ1n) is 7.22. The number of piperidine rings is 2. The van der Waals surface area contributed by atoms with E-state index in [1.165, 1.54) is 7.11 Å². The highest BCUT2D eigenvalue weighted by Crippen LogP contribution is 2.46. The highest BCUT2D eigenvalue weighted by molar-refractivity contribution is 5.75. The Labute approximate surface area is 123 Å². The number of hydrogen-bond acceptors (Lipinski definition) is 4. The van der Waals surface area contributed by atoms with Gasteiger partial charge in [-0.2, -0.15) is 0 Å². The van der Waals surface area contributed by atoms with Gasteiger partial charge in [-0.25, -0.2) is 4.79 Å². The number of carbonyl (C=O) groups is 2. The second kappa shape index (κ2) is 5.76. The minimum atomic E-state index is -0.295. The lowest BCUT2D eigenvalue weighted by atomic mass is 9.61. The zero-order chi connectivity index (χ0) is 14.8. The average Bonchev–Trinajstić information content (AvgIpc) is 2.53. The van der Waals surface area contributed by atoms with Crippen LogP contribution < -0.4 is 0 Å². The number of fused-ring (bicyclic) bond motifs is 2. The van der Waals surface area contributed by atoms with E-state index in [1.54, 1.807) is 4.90 Å². The molecular formula is C16H19NO4. The Kier molecular flexibility index (Phi) is 3.82. The molecule has 0 aromatic heterocycles. The Morgan fingerprint density at radius 1 is 1.19 bits per heavy atom. The van der Waals surface area contributed by atoms with Gasteiger partial charge in [0.15, 0.2) is 0 Å².